The highest BCUT2D eigenvalue weighted by molar-refractivity contribution is 7.09. The Balaban J connectivity index is 1.31. The SMILES string of the molecule is Cc1oc(-c2ccccc2)nc1CCOc1ccc(Cc2sc(=O)[nH]c2O)c2[nH]ccc12. The third-order valence-corrected chi connectivity index (χ3v) is 6.20. The fraction of sp³-hybridized carbons (Fsp3) is 0.167. The molecule has 32 heavy (non-hydrogen) atoms. The summed E-state index contributed by atoms with van der Waals surface area (Å²) < 4.78 is 11.9. The number of aromatic hydroxyl groups is 1. The maximum Gasteiger partial charge on any atom is 0.307 e. The fourth-order valence-electron chi connectivity index (χ4n) is 3.73. The van der Waals surface area contributed by atoms with Crippen molar-refractivity contribution in [3.8, 4) is 23.1 Å². The zero-order valence-corrected chi connectivity index (χ0v) is 18.2. The molecule has 0 unspecified atom stereocenters. The molecule has 7 nitrogen and oxygen atoms in total. The molecule has 5 aromatic rings. The van der Waals surface area contributed by atoms with Gasteiger partial charge in [0.1, 0.15) is 11.5 Å². The van der Waals surface area contributed by atoms with E-state index in [-0.39, 0.29) is 10.8 Å². The number of hydrogen-bond acceptors (Lipinski definition) is 6. The Bertz CT molecular complexity index is 1430. The highest BCUT2D eigenvalue weighted by Gasteiger charge is 2.14. The zero-order valence-electron chi connectivity index (χ0n) is 17.3. The first-order valence-corrected chi connectivity index (χ1v) is 11.0. The summed E-state index contributed by atoms with van der Waals surface area (Å²) in [7, 11) is 0. The van der Waals surface area contributed by atoms with Crippen molar-refractivity contribution in [1.29, 1.82) is 0 Å². The van der Waals surface area contributed by atoms with Crippen LogP contribution in [0.1, 0.15) is 21.9 Å². The maximum atomic E-state index is 11.5. The van der Waals surface area contributed by atoms with Crippen molar-refractivity contribution >= 4 is 22.2 Å². The summed E-state index contributed by atoms with van der Waals surface area (Å²) in [5, 5.41) is 10.8. The van der Waals surface area contributed by atoms with Crippen LogP contribution in [0.25, 0.3) is 22.4 Å². The summed E-state index contributed by atoms with van der Waals surface area (Å²) in [6.45, 7) is 2.38. The number of nitrogens with one attached hydrogen (secondary N) is 2. The standard InChI is InChI=1S/C24H21N3O4S/c1-14-18(26-23(31-14)15-5-3-2-4-6-15)10-12-30-19-8-7-16(21-17(19)9-11-25-21)13-20-22(28)27-24(29)32-20/h2-9,11,25,28H,10,12-13H2,1H3,(H,27,29). The fourth-order valence-corrected chi connectivity index (χ4v) is 4.48. The molecule has 5 rings (SSSR count). The third kappa shape index (κ3) is 3.92. The van der Waals surface area contributed by atoms with Crippen molar-refractivity contribution in [1.82, 2.24) is 15.0 Å². The molecule has 0 aliphatic heterocycles. The molecule has 0 radical (unpaired) electrons. The van der Waals surface area contributed by atoms with E-state index in [9.17, 15) is 9.90 Å². The average molecular weight is 448 g/mol. The normalized spacial score (nSPS) is 11.3. The van der Waals surface area contributed by atoms with Gasteiger partial charge < -0.3 is 19.2 Å². The Morgan fingerprint density at radius 1 is 1.16 bits per heavy atom. The summed E-state index contributed by atoms with van der Waals surface area (Å²) in [5.41, 5.74) is 3.73. The second kappa shape index (κ2) is 8.39. The van der Waals surface area contributed by atoms with Crippen molar-refractivity contribution < 1.29 is 14.3 Å². The highest BCUT2D eigenvalue weighted by Crippen LogP contribution is 2.31. The molecular formula is C24H21N3O4S. The van der Waals surface area contributed by atoms with E-state index in [0.29, 0.717) is 30.2 Å². The van der Waals surface area contributed by atoms with Gasteiger partial charge in [-0.25, -0.2) is 4.98 Å². The van der Waals surface area contributed by atoms with Crippen LogP contribution in [-0.4, -0.2) is 26.7 Å². The van der Waals surface area contributed by atoms with Crippen LogP contribution in [0.15, 0.2) is 63.9 Å². The number of nitrogens with zero attached hydrogens (tertiary/aromatic N) is 1. The zero-order chi connectivity index (χ0) is 22.1. The van der Waals surface area contributed by atoms with Gasteiger partial charge in [-0.1, -0.05) is 35.6 Å². The van der Waals surface area contributed by atoms with Crippen LogP contribution in [0.5, 0.6) is 11.6 Å². The first-order chi connectivity index (χ1) is 15.6. The van der Waals surface area contributed by atoms with Crippen LogP contribution in [0.2, 0.25) is 0 Å². The molecule has 0 amide bonds. The molecule has 8 heteroatoms. The lowest BCUT2D eigenvalue weighted by atomic mass is 10.1. The molecule has 3 N–H and O–H groups in total. The molecule has 162 valence electrons. The molecule has 2 aromatic carbocycles. The predicted octanol–water partition coefficient (Wildman–Crippen LogP) is 4.80. The number of hydrogen-bond donors (Lipinski definition) is 3. The van der Waals surface area contributed by atoms with E-state index in [1.807, 2.05) is 61.7 Å². The van der Waals surface area contributed by atoms with Gasteiger partial charge >= 0.3 is 4.87 Å². The van der Waals surface area contributed by atoms with E-state index in [0.717, 1.165) is 50.6 Å². The van der Waals surface area contributed by atoms with Crippen molar-refractivity contribution in [2.45, 2.75) is 19.8 Å². The summed E-state index contributed by atoms with van der Waals surface area (Å²) in [4.78, 5) is 22.1. The quantitative estimate of drug-likeness (QED) is 0.332. The minimum Gasteiger partial charge on any atom is -0.494 e. The smallest absolute Gasteiger partial charge is 0.307 e. The summed E-state index contributed by atoms with van der Waals surface area (Å²) in [6.07, 6.45) is 2.93. The van der Waals surface area contributed by atoms with E-state index >= 15 is 0 Å². The number of thiazole rings is 1. The molecule has 3 heterocycles. The molecule has 0 fully saturated rings. The average Bonchev–Trinajstić information content (AvgIpc) is 3.50. The van der Waals surface area contributed by atoms with Crippen molar-refractivity contribution in [3.63, 3.8) is 0 Å². The number of rotatable bonds is 7. The van der Waals surface area contributed by atoms with Crippen molar-refractivity contribution in [3.05, 3.63) is 86.3 Å². The van der Waals surface area contributed by atoms with Gasteiger partial charge in [-0.3, -0.25) is 9.78 Å². The van der Waals surface area contributed by atoms with Gasteiger partial charge in [-0.2, -0.15) is 0 Å². The molecule has 0 atom stereocenters. The number of fused-ring (bicyclic) bond motifs is 1. The van der Waals surface area contributed by atoms with Crippen LogP contribution >= 0.6 is 11.3 Å². The minimum absolute atomic E-state index is 0.0714. The molecule has 3 aromatic heterocycles. The topological polar surface area (TPSA) is 104 Å². The van der Waals surface area contributed by atoms with Crippen LogP contribution in [-0.2, 0) is 12.8 Å². The molecule has 0 saturated heterocycles. The van der Waals surface area contributed by atoms with E-state index in [4.69, 9.17) is 9.15 Å². The monoisotopic (exact) mass is 447 g/mol. The van der Waals surface area contributed by atoms with Crippen LogP contribution in [0, 0.1) is 6.92 Å². The summed E-state index contributed by atoms with van der Waals surface area (Å²) >= 11 is 1.02. The lowest BCUT2D eigenvalue weighted by molar-refractivity contribution is 0.323. The number of aromatic amines is 2. The van der Waals surface area contributed by atoms with E-state index in [1.54, 1.807) is 0 Å². The van der Waals surface area contributed by atoms with Crippen molar-refractivity contribution in [2.75, 3.05) is 6.61 Å². The highest BCUT2D eigenvalue weighted by atomic mass is 32.1. The van der Waals surface area contributed by atoms with Gasteiger partial charge in [0.15, 0.2) is 0 Å². The summed E-state index contributed by atoms with van der Waals surface area (Å²) in [5.74, 6) is 2.10. The Kier molecular flexibility index (Phi) is 5.28. The second-order valence-corrected chi connectivity index (χ2v) is 8.51. The Hall–Kier alpha value is -3.78. The van der Waals surface area contributed by atoms with E-state index in [2.05, 4.69) is 15.0 Å². The Morgan fingerprint density at radius 3 is 2.78 bits per heavy atom. The molecule has 0 saturated carbocycles. The molecular weight excluding hydrogens is 426 g/mol. The minimum atomic E-state index is -0.265. The number of aryl methyl sites for hydroxylation is 1. The molecule has 0 aliphatic rings. The van der Waals surface area contributed by atoms with Crippen LogP contribution in [0.4, 0.5) is 0 Å². The van der Waals surface area contributed by atoms with Gasteiger partial charge in [0.05, 0.1) is 22.7 Å². The van der Waals surface area contributed by atoms with Crippen LogP contribution in [0.3, 0.4) is 0 Å². The molecule has 0 bridgehead atoms. The number of aromatic nitrogens is 3. The van der Waals surface area contributed by atoms with Gasteiger partial charge in [-0.05, 0) is 36.8 Å². The number of benzene rings is 2. The van der Waals surface area contributed by atoms with Gasteiger partial charge in [0, 0.05) is 30.0 Å². The Morgan fingerprint density at radius 2 is 2.00 bits per heavy atom. The maximum absolute atomic E-state index is 11.5. The lowest BCUT2D eigenvalue weighted by Crippen LogP contribution is -2.03. The number of oxazole rings is 1. The van der Waals surface area contributed by atoms with Gasteiger partial charge in [-0.15, -0.1) is 0 Å². The second-order valence-electron chi connectivity index (χ2n) is 7.44. The lowest BCUT2D eigenvalue weighted by Gasteiger charge is -2.09. The predicted molar refractivity (Wildman–Crippen MR) is 124 cm³/mol. The summed E-state index contributed by atoms with van der Waals surface area (Å²) in [6, 6.07) is 15.7. The van der Waals surface area contributed by atoms with E-state index < -0.39 is 0 Å². The van der Waals surface area contributed by atoms with Crippen molar-refractivity contribution in [2.24, 2.45) is 0 Å². The largest absolute Gasteiger partial charge is 0.494 e. The first kappa shape index (κ1) is 20.1. The van der Waals surface area contributed by atoms with Crippen LogP contribution < -0.4 is 9.61 Å². The molecule has 0 spiro atoms. The number of ether oxygens (including phenoxy) is 1. The Labute approximate surface area is 187 Å². The number of H-pyrrole nitrogens is 2. The first-order valence-electron chi connectivity index (χ1n) is 10.2. The van der Waals surface area contributed by atoms with Gasteiger partial charge in [0.25, 0.3) is 0 Å². The molecule has 0 aliphatic carbocycles. The third-order valence-electron chi connectivity index (χ3n) is 5.33. The van der Waals surface area contributed by atoms with Gasteiger partial charge in [0.2, 0.25) is 11.8 Å². The van der Waals surface area contributed by atoms with E-state index in [1.165, 1.54) is 0 Å².